The number of carbonyl (C=O) groups is 1. The van der Waals surface area contributed by atoms with E-state index in [0.717, 1.165) is 38.2 Å². The minimum absolute atomic E-state index is 0.0855. The van der Waals surface area contributed by atoms with E-state index >= 15 is 0 Å². The third-order valence-corrected chi connectivity index (χ3v) is 6.63. The van der Waals surface area contributed by atoms with Gasteiger partial charge in [0.25, 0.3) is 5.91 Å². The standard InChI is InChI=1S/C25H29N5O2/c1-2-30-22(10-15-27-30)25(31)28-16-11-20(12-17-28)29-18-23(32-21-6-4-3-5-7-21)24(29)19-8-13-26-14-9-19/h3-10,13-15,20,23-24H,2,11-12,16-18H2,1H3. The van der Waals surface area contributed by atoms with Crippen molar-refractivity contribution in [3.05, 3.63) is 78.4 Å². The summed E-state index contributed by atoms with van der Waals surface area (Å²) in [5.41, 5.74) is 1.92. The molecule has 3 aromatic rings. The molecule has 2 unspecified atom stereocenters. The fraction of sp³-hybridized carbons (Fsp3) is 0.400. The largest absolute Gasteiger partial charge is 0.487 e. The number of nitrogens with zero attached hydrogens (tertiary/aromatic N) is 5. The molecule has 0 aliphatic carbocycles. The zero-order valence-electron chi connectivity index (χ0n) is 18.4. The van der Waals surface area contributed by atoms with Crippen LogP contribution in [0.5, 0.6) is 5.75 Å². The van der Waals surface area contributed by atoms with Crippen molar-refractivity contribution in [2.75, 3.05) is 19.6 Å². The van der Waals surface area contributed by atoms with E-state index in [0.29, 0.717) is 18.3 Å². The van der Waals surface area contributed by atoms with Crippen molar-refractivity contribution < 1.29 is 9.53 Å². The Labute approximate surface area is 188 Å². The number of aryl methyl sites for hydroxylation is 1. The molecule has 1 aromatic carbocycles. The molecular formula is C25H29N5O2. The van der Waals surface area contributed by atoms with Crippen LogP contribution in [0.25, 0.3) is 0 Å². The molecule has 0 spiro atoms. The van der Waals surface area contributed by atoms with Crippen LogP contribution in [0.1, 0.15) is 41.9 Å². The number of likely N-dealkylation sites (tertiary alicyclic amines) is 2. The molecule has 2 aliphatic rings. The maximum Gasteiger partial charge on any atom is 0.272 e. The number of pyridine rings is 1. The van der Waals surface area contributed by atoms with Crippen molar-refractivity contribution in [2.24, 2.45) is 0 Å². The number of para-hydroxylation sites is 1. The molecule has 2 saturated heterocycles. The highest BCUT2D eigenvalue weighted by Crippen LogP contribution is 2.40. The maximum atomic E-state index is 13.0. The Kier molecular flexibility index (Phi) is 5.90. The summed E-state index contributed by atoms with van der Waals surface area (Å²) in [4.78, 5) is 21.7. The molecule has 2 aliphatic heterocycles. The van der Waals surface area contributed by atoms with Crippen LogP contribution in [0.15, 0.2) is 67.1 Å². The Morgan fingerprint density at radius 3 is 2.50 bits per heavy atom. The van der Waals surface area contributed by atoms with E-state index in [1.165, 1.54) is 5.56 Å². The van der Waals surface area contributed by atoms with E-state index in [1.807, 2.05) is 60.6 Å². The van der Waals surface area contributed by atoms with Gasteiger partial charge in [0.15, 0.2) is 0 Å². The van der Waals surface area contributed by atoms with Crippen molar-refractivity contribution in [3.8, 4) is 5.75 Å². The quantitative estimate of drug-likeness (QED) is 0.599. The number of carbonyl (C=O) groups excluding carboxylic acids is 1. The van der Waals surface area contributed by atoms with Gasteiger partial charge in [-0.15, -0.1) is 0 Å². The number of amides is 1. The molecule has 7 heteroatoms. The number of benzene rings is 1. The van der Waals surface area contributed by atoms with Crippen molar-refractivity contribution in [3.63, 3.8) is 0 Å². The number of aromatic nitrogens is 3. The molecule has 0 saturated carbocycles. The van der Waals surface area contributed by atoms with Gasteiger partial charge in [0.1, 0.15) is 17.5 Å². The van der Waals surface area contributed by atoms with E-state index in [9.17, 15) is 4.79 Å². The second kappa shape index (κ2) is 9.12. The van der Waals surface area contributed by atoms with Gasteiger partial charge in [-0.2, -0.15) is 5.10 Å². The van der Waals surface area contributed by atoms with Crippen LogP contribution in [-0.4, -0.2) is 62.3 Å². The van der Waals surface area contributed by atoms with Crippen LogP contribution >= 0.6 is 0 Å². The van der Waals surface area contributed by atoms with Gasteiger partial charge in [0.2, 0.25) is 0 Å². The van der Waals surface area contributed by atoms with Crippen molar-refractivity contribution >= 4 is 5.91 Å². The lowest BCUT2D eigenvalue weighted by atomic mass is 9.87. The molecule has 1 amide bonds. The SMILES string of the molecule is CCn1nccc1C(=O)N1CCC(N2CC(Oc3ccccc3)C2c2ccncc2)CC1. The Morgan fingerprint density at radius 2 is 1.78 bits per heavy atom. The summed E-state index contributed by atoms with van der Waals surface area (Å²) < 4.78 is 8.11. The number of ether oxygens (including phenoxy) is 1. The van der Waals surface area contributed by atoms with Gasteiger partial charge in [0.05, 0.1) is 6.04 Å². The van der Waals surface area contributed by atoms with Crippen molar-refractivity contribution in [1.82, 2.24) is 24.6 Å². The molecule has 0 bridgehead atoms. The highest BCUT2D eigenvalue weighted by molar-refractivity contribution is 5.92. The summed E-state index contributed by atoms with van der Waals surface area (Å²) in [6.07, 6.45) is 7.44. The zero-order chi connectivity index (χ0) is 21.9. The fourth-order valence-corrected chi connectivity index (χ4v) is 4.94. The van der Waals surface area contributed by atoms with Gasteiger partial charge in [-0.1, -0.05) is 18.2 Å². The topological polar surface area (TPSA) is 63.5 Å². The molecule has 2 aromatic heterocycles. The first-order valence-electron chi connectivity index (χ1n) is 11.4. The van der Waals surface area contributed by atoms with E-state index in [-0.39, 0.29) is 18.1 Å². The van der Waals surface area contributed by atoms with E-state index in [4.69, 9.17) is 4.74 Å². The molecule has 0 radical (unpaired) electrons. The van der Waals surface area contributed by atoms with Gasteiger partial charge < -0.3 is 9.64 Å². The van der Waals surface area contributed by atoms with Crippen molar-refractivity contribution in [2.45, 2.75) is 44.5 Å². The van der Waals surface area contributed by atoms with Gasteiger partial charge in [-0.25, -0.2) is 0 Å². The molecular weight excluding hydrogens is 402 g/mol. The number of rotatable bonds is 6. The first-order chi connectivity index (χ1) is 15.7. The first kappa shape index (κ1) is 20.7. The highest BCUT2D eigenvalue weighted by atomic mass is 16.5. The lowest BCUT2D eigenvalue weighted by molar-refractivity contribution is -0.0843. The third kappa shape index (κ3) is 4.00. The molecule has 2 fully saturated rings. The Bertz CT molecular complexity index is 1030. The van der Waals surface area contributed by atoms with Gasteiger partial charge in [-0.3, -0.25) is 19.4 Å². The lowest BCUT2D eigenvalue weighted by Crippen LogP contribution is -2.61. The number of hydrogen-bond donors (Lipinski definition) is 0. The number of hydrogen-bond acceptors (Lipinski definition) is 5. The van der Waals surface area contributed by atoms with Gasteiger partial charge in [0, 0.05) is 50.8 Å². The van der Waals surface area contributed by atoms with Crippen LogP contribution in [0.3, 0.4) is 0 Å². The van der Waals surface area contributed by atoms with Gasteiger partial charge in [-0.05, 0) is 55.7 Å². The first-order valence-corrected chi connectivity index (χ1v) is 11.4. The molecule has 5 rings (SSSR count). The second-order valence-corrected chi connectivity index (χ2v) is 8.45. The van der Waals surface area contributed by atoms with Gasteiger partial charge >= 0.3 is 0 Å². The fourth-order valence-electron chi connectivity index (χ4n) is 4.94. The Hall–Kier alpha value is -3.19. The zero-order valence-corrected chi connectivity index (χ0v) is 18.4. The van der Waals surface area contributed by atoms with Crippen LogP contribution in [0.4, 0.5) is 0 Å². The smallest absolute Gasteiger partial charge is 0.272 e. The second-order valence-electron chi connectivity index (χ2n) is 8.45. The molecule has 166 valence electrons. The number of piperidine rings is 1. The van der Waals surface area contributed by atoms with Crippen LogP contribution in [-0.2, 0) is 6.54 Å². The van der Waals surface area contributed by atoms with Crippen LogP contribution in [0.2, 0.25) is 0 Å². The summed E-state index contributed by atoms with van der Waals surface area (Å²) in [5.74, 6) is 0.992. The Balaban J connectivity index is 1.26. The molecule has 4 heterocycles. The minimum Gasteiger partial charge on any atom is -0.487 e. The summed E-state index contributed by atoms with van der Waals surface area (Å²) in [6, 6.07) is 16.7. The summed E-state index contributed by atoms with van der Waals surface area (Å²) in [5, 5.41) is 4.24. The summed E-state index contributed by atoms with van der Waals surface area (Å²) >= 11 is 0. The monoisotopic (exact) mass is 431 g/mol. The predicted octanol–water partition coefficient (Wildman–Crippen LogP) is 3.41. The highest BCUT2D eigenvalue weighted by Gasteiger charge is 2.46. The lowest BCUT2D eigenvalue weighted by Gasteiger charge is -2.53. The third-order valence-electron chi connectivity index (χ3n) is 6.63. The van der Waals surface area contributed by atoms with E-state index in [2.05, 4.69) is 27.1 Å². The molecule has 2 atom stereocenters. The predicted molar refractivity (Wildman–Crippen MR) is 121 cm³/mol. The van der Waals surface area contributed by atoms with E-state index < -0.39 is 0 Å². The Morgan fingerprint density at radius 1 is 1.03 bits per heavy atom. The van der Waals surface area contributed by atoms with Crippen LogP contribution in [0, 0.1) is 0 Å². The average molecular weight is 432 g/mol. The summed E-state index contributed by atoms with van der Waals surface area (Å²) in [7, 11) is 0. The maximum absolute atomic E-state index is 13.0. The molecule has 32 heavy (non-hydrogen) atoms. The molecule has 7 nitrogen and oxygen atoms in total. The molecule has 0 N–H and O–H groups in total. The van der Waals surface area contributed by atoms with Crippen LogP contribution < -0.4 is 4.74 Å². The minimum atomic E-state index is 0.0855. The average Bonchev–Trinajstić information content (AvgIpc) is 3.31. The van der Waals surface area contributed by atoms with E-state index in [1.54, 1.807) is 10.9 Å². The normalized spacial score (nSPS) is 21.8. The van der Waals surface area contributed by atoms with Crippen molar-refractivity contribution in [1.29, 1.82) is 0 Å². The summed E-state index contributed by atoms with van der Waals surface area (Å²) in [6.45, 7) is 5.13.